The molecule has 2 N–H and O–H groups in total. The van der Waals surface area contributed by atoms with E-state index in [4.69, 9.17) is 5.11 Å². The Morgan fingerprint density at radius 3 is 2.64 bits per heavy atom. The molecular formula is C19H26N2O4. The SMILES string of the molecule is CC(C)(C)C(=O)N1CCCC(C(=O)Nc2cccc(CC(=O)O)c2)C1. The summed E-state index contributed by atoms with van der Waals surface area (Å²) in [6.45, 7) is 6.76. The van der Waals surface area contributed by atoms with Crippen LogP contribution >= 0.6 is 0 Å². The smallest absolute Gasteiger partial charge is 0.307 e. The summed E-state index contributed by atoms with van der Waals surface area (Å²) < 4.78 is 0. The quantitative estimate of drug-likeness (QED) is 0.877. The van der Waals surface area contributed by atoms with Crippen molar-refractivity contribution < 1.29 is 19.5 Å². The summed E-state index contributed by atoms with van der Waals surface area (Å²) in [5, 5.41) is 11.7. The minimum Gasteiger partial charge on any atom is -0.481 e. The van der Waals surface area contributed by atoms with Crippen molar-refractivity contribution in [2.45, 2.75) is 40.0 Å². The van der Waals surface area contributed by atoms with E-state index in [1.807, 2.05) is 20.8 Å². The molecule has 136 valence electrons. The van der Waals surface area contributed by atoms with Crippen LogP contribution in [0.2, 0.25) is 0 Å². The van der Waals surface area contributed by atoms with E-state index in [1.54, 1.807) is 29.2 Å². The van der Waals surface area contributed by atoms with E-state index in [1.165, 1.54) is 0 Å². The summed E-state index contributed by atoms with van der Waals surface area (Å²) in [4.78, 5) is 37.6. The molecule has 1 aromatic rings. The minimum absolute atomic E-state index is 0.0634. The molecular weight excluding hydrogens is 320 g/mol. The van der Waals surface area contributed by atoms with Crippen molar-refractivity contribution in [2.24, 2.45) is 11.3 Å². The molecule has 2 rings (SSSR count). The molecule has 0 aromatic heterocycles. The van der Waals surface area contributed by atoms with Crippen LogP contribution in [0.4, 0.5) is 5.69 Å². The predicted molar refractivity (Wildman–Crippen MR) is 95.2 cm³/mol. The van der Waals surface area contributed by atoms with Gasteiger partial charge >= 0.3 is 5.97 Å². The Balaban J connectivity index is 2.01. The summed E-state index contributed by atoms with van der Waals surface area (Å²) in [5.74, 6) is -1.22. The van der Waals surface area contributed by atoms with Crippen molar-refractivity contribution >= 4 is 23.5 Å². The van der Waals surface area contributed by atoms with Crippen molar-refractivity contribution in [2.75, 3.05) is 18.4 Å². The fraction of sp³-hybridized carbons (Fsp3) is 0.526. The highest BCUT2D eigenvalue weighted by atomic mass is 16.4. The van der Waals surface area contributed by atoms with Gasteiger partial charge < -0.3 is 15.3 Å². The molecule has 6 heteroatoms. The van der Waals surface area contributed by atoms with Gasteiger partial charge in [0.2, 0.25) is 11.8 Å². The van der Waals surface area contributed by atoms with Gasteiger partial charge in [-0.05, 0) is 30.5 Å². The molecule has 1 unspecified atom stereocenters. The number of anilines is 1. The lowest BCUT2D eigenvalue weighted by Crippen LogP contribution is -2.47. The van der Waals surface area contributed by atoms with Crippen molar-refractivity contribution in [3.63, 3.8) is 0 Å². The van der Waals surface area contributed by atoms with Crippen LogP contribution in [-0.4, -0.2) is 40.9 Å². The van der Waals surface area contributed by atoms with Crippen molar-refractivity contribution in [1.82, 2.24) is 4.90 Å². The number of amides is 2. The van der Waals surface area contributed by atoms with E-state index in [0.717, 1.165) is 12.8 Å². The number of hydrogen-bond acceptors (Lipinski definition) is 3. The first kappa shape index (κ1) is 19.0. The molecule has 1 aliphatic rings. The Morgan fingerprint density at radius 2 is 2.00 bits per heavy atom. The molecule has 1 aliphatic heterocycles. The Hall–Kier alpha value is -2.37. The number of likely N-dealkylation sites (tertiary alicyclic amines) is 1. The third-order valence-electron chi connectivity index (χ3n) is 4.27. The average molecular weight is 346 g/mol. The number of carboxylic acids is 1. The Bertz CT molecular complexity index is 664. The lowest BCUT2D eigenvalue weighted by molar-refractivity contribution is -0.142. The number of piperidine rings is 1. The third-order valence-corrected chi connectivity index (χ3v) is 4.27. The molecule has 2 amide bonds. The molecule has 1 fully saturated rings. The summed E-state index contributed by atoms with van der Waals surface area (Å²) in [6.07, 6.45) is 1.47. The number of nitrogens with one attached hydrogen (secondary N) is 1. The summed E-state index contributed by atoms with van der Waals surface area (Å²) >= 11 is 0. The normalized spacial score (nSPS) is 17.9. The second-order valence-corrected chi connectivity index (χ2v) is 7.60. The maximum Gasteiger partial charge on any atom is 0.307 e. The highest BCUT2D eigenvalue weighted by Crippen LogP contribution is 2.24. The second kappa shape index (κ2) is 7.68. The van der Waals surface area contributed by atoms with Crippen molar-refractivity contribution in [3.8, 4) is 0 Å². The molecule has 0 radical (unpaired) electrons. The van der Waals surface area contributed by atoms with E-state index in [9.17, 15) is 14.4 Å². The lowest BCUT2D eigenvalue weighted by atomic mass is 9.91. The van der Waals surface area contributed by atoms with Crippen molar-refractivity contribution in [3.05, 3.63) is 29.8 Å². The van der Waals surface area contributed by atoms with E-state index < -0.39 is 11.4 Å². The van der Waals surface area contributed by atoms with E-state index in [-0.39, 0.29) is 24.2 Å². The molecule has 6 nitrogen and oxygen atoms in total. The van der Waals surface area contributed by atoms with Crippen LogP contribution in [0.3, 0.4) is 0 Å². The fourth-order valence-corrected chi connectivity index (χ4v) is 3.03. The molecule has 25 heavy (non-hydrogen) atoms. The first-order chi connectivity index (χ1) is 11.7. The van der Waals surface area contributed by atoms with E-state index in [0.29, 0.717) is 24.3 Å². The van der Waals surface area contributed by atoms with Gasteiger partial charge in [-0.25, -0.2) is 0 Å². The van der Waals surface area contributed by atoms with Crippen LogP contribution < -0.4 is 5.32 Å². The van der Waals surface area contributed by atoms with Gasteiger partial charge in [-0.3, -0.25) is 14.4 Å². The molecule has 1 heterocycles. The van der Waals surface area contributed by atoms with Gasteiger partial charge in [0, 0.05) is 24.2 Å². The first-order valence-corrected chi connectivity index (χ1v) is 8.58. The number of benzene rings is 1. The lowest BCUT2D eigenvalue weighted by Gasteiger charge is -2.35. The highest BCUT2D eigenvalue weighted by Gasteiger charge is 2.33. The van der Waals surface area contributed by atoms with Gasteiger partial charge in [0.05, 0.1) is 12.3 Å². The number of carbonyl (C=O) groups excluding carboxylic acids is 2. The zero-order valence-corrected chi connectivity index (χ0v) is 15.0. The maximum atomic E-state index is 12.6. The average Bonchev–Trinajstić information content (AvgIpc) is 2.53. The van der Waals surface area contributed by atoms with Crippen LogP contribution in [0.1, 0.15) is 39.2 Å². The van der Waals surface area contributed by atoms with Gasteiger partial charge in [0.25, 0.3) is 0 Å². The largest absolute Gasteiger partial charge is 0.481 e. The van der Waals surface area contributed by atoms with Crippen LogP contribution in [0.25, 0.3) is 0 Å². The maximum absolute atomic E-state index is 12.6. The zero-order chi connectivity index (χ0) is 18.6. The molecule has 1 aromatic carbocycles. The molecule has 0 bridgehead atoms. The molecule has 0 saturated carbocycles. The van der Waals surface area contributed by atoms with Crippen LogP contribution in [-0.2, 0) is 20.8 Å². The van der Waals surface area contributed by atoms with Gasteiger partial charge in [0.1, 0.15) is 0 Å². The topological polar surface area (TPSA) is 86.7 Å². The number of nitrogens with zero attached hydrogens (tertiary/aromatic N) is 1. The van der Waals surface area contributed by atoms with E-state index in [2.05, 4.69) is 5.32 Å². The highest BCUT2D eigenvalue weighted by molar-refractivity contribution is 5.93. The Labute approximate surface area is 148 Å². The van der Waals surface area contributed by atoms with Crippen LogP contribution in [0.5, 0.6) is 0 Å². The minimum atomic E-state index is -0.910. The number of carbonyl (C=O) groups is 3. The Kier molecular flexibility index (Phi) is 5.82. The van der Waals surface area contributed by atoms with Gasteiger partial charge in [-0.1, -0.05) is 32.9 Å². The summed E-state index contributed by atoms with van der Waals surface area (Å²) in [6, 6.07) is 6.86. The second-order valence-electron chi connectivity index (χ2n) is 7.60. The molecule has 1 atom stereocenters. The first-order valence-electron chi connectivity index (χ1n) is 8.58. The van der Waals surface area contributed by atoms with Gasteiger partial charge in [-0.2, -0.15) is 0 Å². The number of aliphatic carboxylic acids is 1. The summed E-state index contributed by atoms with van der Waals surface area (Å²) in [5.41, 5.74) is 0.769. The van der Waals surface area contributed by atoms with Gasteiger partial charge in [-0.15, -0.1) is 0 Å². The number of hydrogen-bond donors (Lipinski definition) is 2. The predicted octanol–water partition coefficient (Wildman–Crippen LogP) is 2.54. The third kappa shape index (κ3) is 5.31. The molecule has 1 saturated heterocycles. The van der Waals surface area contributed by atoms with Gasteiger partial charge in [0.15, 0.2) is 0 Å². The number of carboxylic acid groups (broad SMARTS) is 1. The van der Waals surface area contributed by atoms with Crippen molar-refractivity contribution in [1.29, 1.82) is 0 Å². The molecule has 0 spiro atoms. The van der Waals surface area contributed by atoms with E-state index >= 15 is 0 Å². The number of rotatable bonds is 4. The monoisotopic (exact) mass is 346 g/mol. The molecule has 0 aliphatic carbocycles. The standard InChI is InChI=1S/C19H26N2O4/c1-19(2,3)18(25)21-9-5-7-14(12-21)17(24)20-15-8-4-6-13(10-15)11-16(22)23/h4,6,8,10,14H,5,7,9,11-12H2,1-3H3,(H,20,24)(H,22,23). The summed E-state index contributed by atoms with van der Waals surface area (Å²) in [7, 11) is 0. The van der Waals surface area contributed by atoms with Crippen LogP contribution in [0, 0.1) is 11.3 Å². The fourth-order valence-electron chi connectivity index (χ4n) is 3.03. The van der Waals surface area contributed by atoms with Crippen LogP contribution in [0.15, 0.2) is 24.3 Å². The zero-order valence-electron chi connectivity index (χ0n) is 15.0. The Morgan fingerprint density at radius 1 is 1.28 bits per heavy atom.